The fourth-order valence-electron chi connectivity index (χ4n) is 3.96. The van der Waals surface area contributed by atoms with Crippen LogP contribution < -0.4 is 14.2 Å². The third kappa shape index (κ3) is 6.51. The molecule has 1 aliphatic heterocycles. The minimum atomic E-state index is -5.05. The molecule has 1 aromatic heterocycles. The van der Waals surface area contributed by atoms with Gasteiger partial charge in [-0.3, -0.25) is 0 Å². The lowest BCUT2D eigenvalue weighted by atomic mass is 9.84. The molecule has 4 rings (SSSR count). The molecular weight excluding hydrogens is 504 g/mol. The van der Waals surface area contributed by atoms with Crippen LogP contribution in [0.5, 0.6) is 17.5 Å². The standard InChI is InChI=1S/C23H20F4N4O6/c1-2-34-21-28-20(37-30-21)15-9-14(13-3-8-19(18(24)10-13)36-23(25,26)27)11-31(12-15)22(32)35-17-6-4-16(29-33)5-7-17/h3-8,10,14-15H,2,9,11-12H2,1H3. The van der Waals surface area contributed by atoms with Crippen LogP contribution in [0.25, 0.3) is 0 Å². The Bertz CT molecular complexity index is 1250. The van der Waals surface area contributed by atoms with Gasteiger partial charge in [-0.1, -0.05) is 6.07 Å². The van der Waals surface area contributed by atoms with E-state index < -0.39 is 35.9 Å². The van der Waals surface area contributed by atoms with E-state index in [0.29, 0.717) is 18.6 Å². The number of nitroso groups, excluding NO2 is 1. The van der Waals surface area contributed by atoms with Gasteiger partial charge in [0.1, 0.15) is 11.4 Å². The Morgan fingerprint density at radius 1 is 1.16 bits per heavy atom. The zero-order chi connectivity index (χ0) is 26.6. The van der Waals surface area contributed by atoms with Gasteiger partial charge in [-0.05, 0) is 65.6 Å². The molecule has 1 amide bonds. The summed E-state index contributed by atoms with van der Waals surface area (Å²) in [5.41, 5.74) is 0.486. The van der Waals surface area contributed by atoms with Crippen molar-refractivity contribution < 1.29 is 41.1 Å². The van der Waals surface area contributed by atoms with E-state index in [2.05, 4.69) is 20.1 Å². The van der Waals surface area contributed by atoms with Gasteiger partial charge < -0.3 is 23.6 Å². The first-order valence-corrected chi connectivity index (χ1v) is 11.1. The van der Waals surface area contributed by atoms with Gasteiger partial charge in [0.2, 0.25) is 5.89 Å². The van der Waals surface area contributed by atoms with Gasteiger partial charge in [-0.15, -0.1) is 18.1 Å². The summed E-state index contributed by atoms with van der Waals surface area (Å²) in [4.78, 5) is 29.1. The molecule has 14 heteroatoms. The predicted molar refractivity (Wildman–Crippen MR) is 118 cm³/mol. The molecule has 3 aromatic rings. The van der Waals surface area contributed by atoms with Crippen LogP contribution in [0.1, 0.15) is 36.6 Å². The van der Waals surface area contributed by atoms with Gasteiger partial charge in [0.25, 0.3) is 0 Å². The second-order valence-corrected chi connectivity index (χ2v) is 8.07. The number of piperidine rings is 1. The molecule has 2 aromatic carbocycles. The van der Waals surface area contributed by atoms with Crippen molar-refractivity contribution in [2.45, 2.75) is 31.5 Å². The second-order valence-electron chi connectivity index (χ2n) is 8.07. The maximum absolute atomic E-state index is 14.4. The van der Waals surface area contributed by atoms with Crippen molar-refractivity contribution in [3.8, 4) is 17.5 Å². The van der Waals surface area contributed by atoms with Crippen molar-refractivity contribution in [1.82, 2.24) is 15.0 Å². The molecule has 1 fully saturated rings. The van der Waals surface area contributed by atoms with Gasteiger partial charge in [-0.25, -0.2) is 9.18 Å². The van der Waals surface area contributed by atoms with Crippen molar-refractivity contribution >= 4 is 11.8 Å². The number of benzene rings is 2. The summed E-state index contributed by atoms with van der Waals surface area (Å²) in [5, 5.41) is 6.51. The summed E-state index contributed by atoms with van der Waals surface area (Å²) in [6, 6.07) is 8.66. The molecule has 2 heterocycles. The monoisotopic (exact) mass is 524 g/mol. The number of ether oxygens (including phenoxy) is 3. The largest absolute Gasteiger partial charge is 0.573 e. The van der Waals surface area contributed by atoms with E-state index in [-0.39, 0.29) is 36.4 Å². The Hall–Kier alpha value is -4.23. The lowest BCUT2D eigenvalue weighted by Crippen LogP contribution is -2.44. The summed E-state index contributed by atoms with van der Waals surface area (Å²) in [5.74, 6) is -2.87. The van der Waals surface area contributed by atoms with Crippen LogP contribution in [0.4, 0.5) is 28.0 Å². The van der Waals surface area contributed by atoms with Gasteiger partial charge in [-0.2, -0.15) is 4.98 Å². The van der Waals surface area contributed by atoms with E-state index >= 15 is 0 Å². The molecule has 37 heavy (non-hydrogen) atoms. The number of alkyl halides is 3. The van der Waals surface area contributed by atoms with Crippen LogP contribution in [0.15, 0.2) is 52.2 Å². The van der Waals surface area contributed by atoms with Crippen molar-refractivity contribution in [3.63, 3.8) is 0 Å². The van der Waals surface area contributed by atoms with E-state index in [1.165, 1.54) is 35.2 Å². The summed E-state index contributed by atoms with van der Waals surface area (Å²) in [7, 11) is 0. The van der Waals surface area contributed by atoms with E-state index in [9.17, 15) is 27.3 Å². The topological polar surface area (TPSA) is 116 Å². The third-order valence-electron chi connectivity index (χ3n) is 5.55. The molecule has 0 N–H and O–H groups in total. The highest BCUT2D eigenvalue weighted by atomic mass is 19.4. The van der Waals surface area contributed by atoms with Crippen molar-refractivity contribution in [3.05, 3.63) is 64.6 Å². The molecule has 1 aliphatic rings. The fraction of sp³-hybridized carbons (Fsp3) is 0.348. The molecule has 2 atom stereocenters. The van der Waals surface area contributed by atoms with Crippen LogP contribution in [0.2, 0.25) is 0 Å². The summed E-state index contributed by atoms with van der Waals surface area (Å²) in [6.07, 6.45) is -5.48. The highest BCUT2D eigenvalue weighted by Crippen LogP contribution is 2.38. The zero-order valence-corrected chi connectivity index (χ0v) is 19.3. The van der Waals surface area contributed by atoms with Crippen LogP contribution in [0, 0.1) is 10.7 Å². The Morgan fingerprint density at radius 2 is 1.89 bits per heavy atom. The molecular formula is C23H20F4N4O6. The number of hydrogen-bond acceptors (Lipinski definition) is 9. The minimum Gasteiger partial charge on any atom is -0.462 e. The van der Waals surface area contributed by atoms with Gasteiger partial charge in [0.05, 0.1) is 12.5 Å². The van der Waals surface area contributed by atoms with E-state index in [4.69, 9.17) is 14.0 Å². The first-order chi connectivity index (χ1) is 17.6. The smallest absolute Gasteiger partial charge is 0.462 e. The second kappa shape index (κ2) is 10.8. The van der Waals surface area contributed by atoms with E-state index in [0.717, 1.165) is 12.1 Å². The quantitative estimate of drug-likeness (QED) is 0.287. The Kier molecular flexibility index (Phi) is 7.55. The Balaban J connectivity index is 1.58. The number of hydrogen-bond donors (Lipinski definition) is 0. The molecule has 10 nitrogen and oxygen atoms in total. The number of amides is 1. The summed E-state index contributed by atoms with van der Waals surface area (Å²) in [6.45, 7) is 2.21. The average Bonchev–Trinajstić information content (AvgIpc) is 3.34. The molecule has 196 valence electrons. The number of aromatic nitrogens is 2. The summed E-state index contributed by atoms with van der Waals surface area (Å²) < 4.78 is 71.6. The normalized spacial score (nSPS) is 17.8. The van der Waals surface area contributed by atoms with Crippen molar-refractivity contribution in [2.24, 2.45) is 5.18 Å². The molecule has 0 bridgehead atoms. The Labute approximate surface area is 207 Å². The first kappa shape index (κ1) is 25.9. The van der Waals surface area contributed by atoms with Crippen LogP contribution in [0.3, 0.4) is 0 Å². The first-order valence-electron chi connectivity index (χ1n) is 11.1. The van der Waals surface area contributed by atoms with E-state index in [1.807, 2.05) is 0 Å². The highest BCUT2D eigenvalue weighted by molar-refractivity contribution is 5.71. The van der Waals surface area contributed by atoms with Crippen LogP contribution in [-0.4, -0.2) is 47.2 Å². The zero-order valence-electron chi connectivity index (χ0n) is 19.3. The Morgan fingerprint density at radius 3 is 2.54 bits per heavy atom. The molecule has 0 spiro atoms. The lowest BCUT2D eigenvalue weighted by Gasteiger charge is -2.36. The number of likely N-dealkylation sites (tertiary alicyclic amines) is 1. The van der Waals surface area contributed by atoms with E-state index in [1.54, 1.807) is 6.92 Å². The van der Waals surface area contributed by atoms with Crippen LogP contribution in [-0.2, 0) is 0 Å². The molecule has 0 radical (unpaired) electrons. The molecule has 2 unspecified atom stereocenters. The number of rotatable bonds is 7. The minimum absolute atomic E-state index is 0.0114. The van der Waals surface area contributed by atoms with Crippen LogP contribution >= 0.6 is 0 Å². The number of carbonyl (C=O) groups excluding carboxylic acids is 1. The lowest BCUT2D eigenvalue weighted by molar-refractivity contribution is -0.275. The highest BCUT2D eigenvalue weighted by Gasteiger charge is 2.37. The SMILES string of the molecule is CCOc1noc(C2CC(c3ccc(OC(F)(F)F)c(F)c3)CN(C(=O)Oc3ccc(N=O)cc3)C2)n1. The van der Waals surface area contributed by atoms with Crippen molar-refractivity contribution in [2.75, 3.05) is 19.7 Å². The van der Waals surface area contributed by atoms with Gasteiger partial charge in [0, 0.05) is 19.0 Å². The maximum Gasteiger partial charge on any atom is 0.573 e. The van der Waals surface area contributed by atoms with Gasteiger partial charge >= 0.3 is 18.5 Å². The number of nitrogens with zero attached hydrogens (tertiary/aromatic N) is 4. The fourth-order valence-corrected chi connectivity index (χ4v) is 3.96. The molecule has 1 saturated heterocycles. The average molecular weight is 524 g/mol. The number of halogens is 4. The number of carbonyl (C=O) groups is 1. The predicted octanol–water partition coefficient (Wildman–Crippen LogP) is 5.68. The van der Waals surface area contributed by atoms with Gasteiger partial charge in [0.15, 0.2) is 11.6 Å². The summed E-state index contributed by atoms with van der Waals surface area (Å²) >= 11 is 0. The van der Waals surface area contributed by atoms with Crippen molar-refractivity contribution in [1.29, 1.82) is 0 Å². The third-order valence-corrected chi connectivity index (χ3v) is 5.55. The molecule has 0 aliphatic carbocycles. The maximum atomic E-state index is 14.4. The molecule has 0 saturated carbocycles.